The van der Waals surface area contributed by atoms with E-state index < -0.39 is 24.6 Å². The Bertz CT molecular complexity index is 305. The van der Waals surface area contributed by atoms with Crippen LogP contribution in [0.25, 0.3) is 0 Å². The van der Waals surface area contributed by atoms with E-state index in [4.69, 9.17) is 10.2 Å². The summed E-state index contributed by atoms with van der Waals surface area (Å²) in [5.41, 5.74) is 0. The summed E-state index contributed by atoms with van der Waals surface area (Å²) in [4.78, 5) is 24.4. The third kappa shape index (κ3) is 5.89. The lowest BCUT2D eigenvalue weighted by Crippen LogP contribution is -2.49. The van der Waals surface area contributed by atoms with E-state index in [0.29, 0.717) is 12.5 Å². The molecule has 110 valence electrons. The highest BCUT2D eigenvalue weighted by Gasteiger charge is 2.19. The highest BCUT2D eigenvalue weighted by Crippen LogP contribution is 2.09. The van der Waals surface area contributed by atoms with Crippen LogP contribution in [-0.2, 0) is 4.79 Å². The van der Waals surface area contributed by atoms with Crippen LogP contribution in [0.5, 0.6) is 0 Å². The third-order valence-electron chi connectivity index (χ3n) is 3.17. The zero-order valence-corrected chi connectivity index (χ0v) is 11.3. The molecule has 1 aliphatic rings. The smallest absolute Gasteiger partial charge is 0.328 e. The monoisotopic (exact) mass is 273 g/mol. The van der Waals surface area contributed by atoms with Gasteiger partial charge in [0.15, 0.2) is 6.04 Å². The summed E-state index contributed by atoms with van der Waals surface area (Å²) >= 11 is 0. The Morgan fingerprint density at radius 2 is 1.95 bits per heavy atom. The number of hydrogen-bond donors (Lipinski definition) is 4. The second kappa shape index (κ2) is 7.96. The van der Waals surface area contributed by atoms with Crippen molar-refractivity contribution in [1.82, 2.24) is 15.5 Å². The number of hydrogen-bond acceptors (Lipinski definition) is 4. The maximum atomic E-state index is 11.4. The second-order valence-electron chi connectivity index (χ2n) is 5.04. The first-order chi connectivity index (χ1) is 9.02. The highest BCUT2D eigenvalue weighted by atomic mass is 16.4. The predicted molar refractivity (Wildman–Crippen MR) is 69.9 cm³/mol. The Morgan fingerprint density at radius 3 is 2.47 bits per heavy atom. The number of rotatable bonds is 7. The molecular formula is C12H23N3O4. The Kier molecular flexibility index (Phi) is 6.58. The molecule has 1 aliphatic heterocycles. The summed E-state index contributed by atoms with van der Waals surface area (Å²) < 4.78 is 0. The summed E-state index contributed by atoms with van der Waals surface area (Å²) in [6.07, 6.45) is 2.47. The molecule has 7 nitrogen and oxygen atoms in total. The van der Waals surface area contributed by atoms with Gasteiger partial charge in [0.25, 0.3) is 0 Å². The van der Waals surface area contributed by atoms with Crippen molar-refractivity contribution in [3.05, 3.63) is 0 Å². The Morgan fingerprint density at radius 1 is 1.32 bits per heavy atom. The lowest BCUT2D eigenvalue weighted by atomic mass is 10.1. The van der Waals surface area contributed by atoms with Crippen molar-refractivity contribution in [2.24, 2.45) is 5.92 Å². The average molecular weight is 273 g/mol. The van der Waals surface area contributed by atoms with Gasteiger partial charge in [0.05, 0.1) is 6.61 Å². The SMILES string of the molecule is CC(CNC(=O)N[C@@H](CO)C(=O)O)CN1CCCC1. The van der Waals surface area contributed by atoms with Crippen molar-refractivity contribution in [3.8, 4) is 0 Å². The minimum Gasteiger partial charge on any atom is -0.480 e. The fourth-order valence-electron chi connectivity index (χ4n) is 2.13. The first-order valence-electron chi connectivity index (χ1n) is 6.63. The van der Waals surface area contributed by atoms with Gasteiger partial charge < -0.3 is 25.7 Å². The third-order valence-corrected chi connectivity index (χ3v) is 3.17. The molecule has 0 bridgehead atoms. The summed E-state index contributed by atoms with van der Waals surface area (Å²) in [5.74, 6) is -0.941. The first kappa shape index (κ1) is 15.7. The van der Waals surface area contributed by atoms with Gasteiger partial charge in [-0.2, -0.15) is 0 Å². The zero-order valence-electron chi connectivity index (χ0n) is 11.3. The molecule has 0 saturated carbocycles. The summed E-state index contributed by atoms with van der Waals surface area (Å²) in [6, 6.07) is -1.82. The van der Waals surface area contributed by atoms with Crippen molar-refractivity contribution in [1.29, 1.82) is 0 Å². The first-order valence-corrected chi connectivity index (χ1v) is 6.63. The van der Waals surface area contributed by atoms with E-state index in [1.165, 1.54) is 12.8 Å². The average Bonchev–Trinajstić information content (AvgIpc) is 2.85. The molecule has 0 aromatic rings. The van der Waals surface area contributed by atoms with Crippen LogP contribution in [0.15, 0.2) is 0 Å². The highest BCUT2D eigenvalue weighted by molar-refractivity contribution is 5.82. The summed E-state index contributed by atoms with van der Waals surface area (Å²) in [7, 11) is 0. The summed E-state index contributed by atoms with van der Waals surface area (Å²) in [6.45, 7) is 5.07. The Balaban J connectivity index is 2.19. The van der Waals surface area contributed by atoms with Crippen molar-refractivity contribution < 1.29 is 19.8 Å². The van der Waals surface area contributed by atoms with Crippen LogP contribution in [0.4, 0.5) is 4.79 Å². The topological polar surface area (TPSA) is 102 Å². The maximum Gasteiger partial charge on any atom is 0.328 e. The van der Waals surface area contributed by atoms with E-state index in [-0.39, 0.29) is 0 Å². The summed E-state index contributed by atoms with van der Waals surface area (Å²) in [5, 5.41) is 22.3. The molecule has 4 N–H and O–H groups in total. The molecular weight excluding hydrogens is 250 g/mol. The Labute approximate surface area is 113 Å². The standard InChI is InChI=1S/C12H23N3O4/c1-9(7-15-4-2-3-5-15)6-13-12(19)14-10(8-16)11(17)18/h9-10,16H,2-8H2,1H3,(H,17,18)(H2,13,14,19)/t9?,10-/m0/s1. The molecule has 1 fully saturated rings. The Hall–Kier alpha value is -1.34. The molecule has 0 aromatic carbocycles. The van der Waals surface area contributed by atoms with Crippen LogP contribution in [0.1, 0.15) is 19.8 Å². The van der Waals surface area contributed by atoms with Gasteiger partial charge in [-0.05, 0) is 31.8 Å². The second-order valence-corrected chi connectivity index (χ2v) is 5.04. The number of carboxylic acids is 1. The van der Waals surface area contributed by atoms with Gasteiger partial charge in [-0.1, -0.05) is 6.92 Å². The molecule has 0 aromatic heterocycles. The van der Waals surface area contributed by atoms with Crippen molar-refractivity contribution >= 4 is 12.0 Å². The quantitative estimate of drug-likeness (QED) is 0.499. The number of nitrogens with zero attached hydrogens (tertiary/aromatic N) is 1. The number of likely N-dealkylation sites (tertiary alicyclic amines) is 1. The number of aliphatic hydroxyl groups is 1. The number of carboxylic acid groups (broad SMARTS) is 1. The van der Waals surface area contributed by atoms with E-state index in [2.05, 4.69) is 15.5 Å². The number of nitrogens with one attached hydrogen (secondary N) is 2. The van der Waals surface area contributed by atoms with Crippen molar-refractivity contribution in [2.45, 2.75) is 25.8 Å². The number of amides is 2. The van der Waals surface area contributed by atoms with Gasteiger partial charge in [-0.15, -0.1) is 0 Å². The number of urea groups is 1. The molecule has 2 amide bonds. The van der Waals surface area contributed by atoms with E-state index in [1.807, 2.05) is 6.92 Å². The maximum absolute atomic E-state index is 11.4. The minimum atomic E-state index is -1.26. The lowest BCUT2D eigenvalue weighted by molar-refractivity contribution is -0.140. The van der Waals surface area contributed by atoms with Crippen molar-refractivity contribution in [2.75, 3.05) is 32.8 Å². The fraction of sp³-hybridized carbons (Fsp3) is 0.833. The van der Waals surface area contributed by atoms with E-state index in [1.54, 1.807) is 0 Å². The molecule has 0 aliphatic carbocycles. The van der Waals surface area contributed by atoms with E-state index in [0.717, 1.165) is 19.6 Å². The van der Waals surface area contributed by atoms with Crippen LogP contribution in [0, 0.1) is 5.92 Å². The number of aliphatic hydroxyl groups excluding tert-OH is 1. The number of carbonyl (C=O) groups excluding carboxylic acids is 1. The molecule has 1 unspecified atom stereocenters. The normalized spacial score (nSPS) is 18.8. The van der Waals surface area contributed by atoms with Gasteiger partial charge >= 0.3 is 12.0 Å². The van der Waals surface area contributed by atoms with E-state index in [9.17, 15) is 9.59 Å². The molecule has 0 spiro atoms. The molecule has 0 radical (unpaired) electrons. The van der Waals surface area contributed by atoms with Gasteiger partial charge in [-0.25, -0.2) is 9.59 Å². The molecule has 2 atom stereocenters. The van der Waals surface area contributed by atoms with Crippen LogP contribution in [-0.4, -0.2) is 65.9 Å². The van der Waals surface area contributed by atoms with Crippen LogP contribution >= 0.6 is 0 Å². The van der Waals surface area contributed by atoms with Gasteiger partial charge in [0.1, 0.15) is 0 Å². The zero-order chi connectivity index (χ0) is 14.3. The van der Waals surface area contributed by atoms with Crippen LogP contribution in [0.2, 0.25) is 0 Å². The van der Waals surface area contributed by atoms with Crippen molar-refractivity contribution in [3.63, 3.8) is 0 Å². The van der Waals surface area contributed by atoms with Crippen LogP contribution < -0.4 is 10.6 Å². The fourth-order valence-corrected chi connectivity index (χ4v) is 2.13. The largest absolute Gasteiger partial charge is 0.480 e. The number of carbonyl (C=O) groups is 2. The minimum absolute atomic E-state index is 0.307. The van der Waals surface area contributed by atoms with Crippen LogP contribution in [0.3, 0.4) is 0 Å². The van der Waals surface area contributed by atoms with E-state index >= 15 is 0 Å². The molecule has 7 heteroatoms. The van der Waals surface area contributed by atoms with Gasteiger partial charge in [-0.3, -0.25) is 0 Å². The lowest BCUT2D eigenvalue weighted by Gasteiger charge is -2.21. The van der Waals surface area contributed by atoms with Gasteiger partial charge in [0.2, 0.25) is 0 Å². The molecule has 1 heterocycles. The van der Waals surface area contributed by atoms with Gasteiger partial charge in [0, 0.05) is 13.1 Å². The molecule has 1 saturated heterocycles. The molecule has 19 heavy (non-hydrogen) atoms. The number of aliphatic carboxylic acids is 1. The molecule has 1 rings (SSSR count). The predicted octanol–water partition coefficient (Wildman–Crippen LogP) is -0.537.